The molecule has 0 saturated carbocycles. The number of aliphatic hydroxyl groups is 1. The predicted molar refractivity (Wildman–Crippen MR) is 127 cm³/mol. The molecule has 4 rings (SSSR count). The van der Waals surface area contributed by atoms with Gasteiger partial charge in [-0.1, -0.05) is 42.2 Å². The number of carbonyl (C=O) groups is 3. The van der Waals surface area contributed by atoms with E-state index in [-0.39, 0.29) is 27.8 Å². The fraction of sp³-hybridized carbons (Fsp3) is 0.160. The van der Waals surface area contributed by atoms with Gasteiger partial charge in [0.2, 0.25) is 0 Å². The third-order valence-electron chi connectivity index (χ3n) is 5.40. The Balaban J connectivity index is 1.88. The Morgan fingerprint density at radius 1 is 1.31 bits per heavy atom. The molecule has 35 heavy (non-hydrogen) atoms. The number of hydrogen-bond donors (Lipinski definition) is 1. The summed E-state index contributed by atoms with van der Waals surface area (Å²) in [5.74, 6) is -3.67. The van der Waals surface area contributed by atoms with E-state index in [4.69, 9.17) is 4.74 Å². The molecule has 0 aliphatic carbocycles. The number of carbonyl (C=O) groups excluding carboxylic acids is 3. The second-order valence-electron chi connectivity index (χ2n) is 7.72. The zero-order valence-electron chi connectivity index (χ0n) is 18.8. The topological polar surface area (TPSA) is 110 Å². The summed E-state index contributed by atoms with van der Waals surface area (Å²) in [5, 5.41) is 11.1. The van der Waals surface area contributed by atoms with E-state index in [1.807, 2.05) is 0 Å². The molecule has 8 nitrogen and oxygen atoms in total. The van der Waals surface area contributed by atoms with Gasteiger partial charge in [0.25, 0.3) is 5.78 Å². The Morgan fingerprint density at radius 3 is 2.74 bits per heavy atom. The fourth-order valence-corrected chi connectivity index (χ4v) is 4.64. The highest BCUT2D eigenvalue weighted by molar-refractivity contribution is 7.17. The van der Waals surface area contributed by atoms with Crippen LogP contribution in [0.3, 0.4) is 0 Å². The van der Waals surface area contributed by atoms with Crippen molar-refractivity contribution >= 4 is 39.9 Å². The predicted octanol–water partition coefficient (Wildman–Crippen LogP) is 4.26. The Labute approximate surface area is 204 Å². The van der Waals surface area contributed by atoms with Gasteiger partial charge in [-0.15, -0.1) is 0 Å². The van der Waals surface area contributed by atoms with E-state index in [0.29, 0.717) is 16.8 Å². The molecule has 1 saturated heterocycles. The molecular formula is C25H20FN3O5S. The van der Waals surface area contributed by atoms with Crippen molar-refractivity contribution < 1.29 is 28.6 Å². The fourth-order valence-electron chi connectivity index (χ4n) is 3.65. The molecule has 1 aliphatic rings. The van der Waals surface area contributed by atoms with Crippen LogP contribution in [0.1, 0.15) is 38.1 Å². The maximum Gasteiger partial charge on any atom is 0.350 e. The lowest BCUT2D eigenvalue weighted by Gasteiger charge is -2.22. The number of halogens is 1. The summed E-state index contributed by atoms with van der Waals surface area (Å²) in [4.78, 5) is 48.4. The molecule has 1 fully saturated rings. The van der Waals surface area contributed by atoms with Crippen LogP contribution in [0.4, 0.5) is 9.52 Å². The molecule has 10 heteroatoms. The first kappa shape index (κ1) is 24.0. The number of Topliss-reactive ketones (excluding diaryl/α,β-unsaturated/α-hetero) is 1. The van der Waals surface area contributed by atoms with Gasteiger partial charge in [-0.3, -0.25) is 19.5 Å². The number of ketones is 1. The van der Waals surface area contributed by atoms with Crippen molar-refractivity contribution in [3.05, 3.63) is 94.0 Å². The van der Waals surface area contributed by atoms with Gasteiger partial charge >= 0.3 is 11.9 Å². The van der Waals surface area contributed by atoms with Gasteiger partial charge in [0, 0.05) is 18.0 Å². The SMILES string of the molecule is C=CCOC(=O)c1sc(N2C(=O)C(=O)/C(=C(/O)c3ccc(C)c(F)c3)C2c2cccnc2)nc1C. The van der Waals surface area contributed by atoms with Crippen molar-refractivity contribution in [3.63, 3.8) is 0 Å². The lowest BCUT2D eigenvalue weighted by molar-refractivity contribution is -0.132. The van der Waals surface area contributed by atoms with Gasteiger partial charge in [0.05, 0.1) is 17.3 Å². The molecule has 3 aromatic rings. The van der Waals surface area contributed by atoms with E-state index in [2.05, 4.69) is 16.5 Å². The van der Waals surface area contributed by atoms with Crippen LogP contribution < -0.4 is 4.90 Å². The summed E-state index contributed by atoms with van der Waals surface area (Å²) in [6.07, 6.45) is 4.39. The first-order chi connectivity index (χ1) is 16.7. The number of esters is 1. The monoisotopic (exact) mass is 493 g/mol. The highest BCUT2D eigenvalue weighted by Crippen LogP contribution is 2.43. The minimum Gasteiger partial charge on any atom is -0.507 e. The number of aliphatic hydroxyl groups excluding tert-OH is 1. The molecule has 0 radical (unpaired) electrons. The van der Waals surface area contributed by atoms with Gasteiger partial charge in [-0.25, -0.2) is 14.2 Å². The van der Waals surface area contributed by atoms with Crippen LogP contribution in [0.15, 0.2) is 61.0 Å². The third kappa shape index (κ3) is 4.35. The summed E-state index contributed by atoms with van der Waals surface area (Å²) in [7, 11) is 0. The average molecular weight is 494 g/mol. The van der Waals surface area contributed by atoms with E-state index >= 15 is 0 Å². The number of nitrogens with zero attached hydrogens (tertiary/aromatic N) is 3. The molecule has 0 bridgehead atoms. The minimum atomic E-state index is -1.10. The van der Waals surface area contributed by atoms with Crippen LogP contribution >= 0.6 is 11.3 Å². The second kappa shape index (κ2) is 9.59. The van der Waals surface area contributed by atoms with E-state index in [1.165, 1.54) is 30.6 Å². The van der Waals surface area contributed by atoms with Crippen LogP contribution in [0.25, 0.3) is 5.76 Å². The number of aromatic nitrogens is 2. The zero-order chi connectivity index (χ0) is 25.3. The Morgan fingerprint density at radius 2 is 2.09 bits per heavy atom. The molecule has 1 atom stereocenters. The molecule has 178 valence electrons. The lowest BCUT2D eigenvalue weighted by atomic mass is 9.96. The van der Waals surface area contributed by atoms with Crippen LogP contribution in [-0.4, -0.2) is 39.3 Å². The van der Waals surface area contributed by atoms with E-state index in [9.17, 15) is 23.9 Å². The summed E-state index contributed by atoms with van der Waals surface area (Å²) in [6, 6.07) is 6.18. The lowest BCUT2D eigenvalue weighted by Crippen LogP contribution is -2.29. The van der Waals surface area contributed by atoms with E-state index in [1.54, 1.807) is 26.0 Å². The van der Waals surface area contributed by atoms with Crippen LogP contribution in [-0.2, 0) is 14.3 Å². The van der Waals surface area contributed by atoms with Crippen molar-refractivity contribution in [2.45, 2.75) is 19.9 Å². The molecule has 1 N–H and O–H groups in total. The normalized spacial score (nSPS) is 17.0. The van der Waals surface area contributed by atoms with E-state index in [0.717, 1.165) is 22.3 Å². The van der Waals surface area contributed by atoms with Crippen LogP contribution in [0.2, 0.25) is 0 Å². The number of ether oxygens (including phenoxy) is 1. The molecule has 0 spiro atoms. The number of pyridine rings is 1. The summed E-state index contributed by atoms with van der Waals surface area (Å²) >= 11 is 0.882. The summed E-state index contributed by atoms with van der Waals surface area (Å²) < 4.78 is 19.3. The van der Waals surface area contributed by atoms with Crippen molar-refractivity contribution in [1.82, 2.24) is 9.97 Å². The standard InChI is InChI=1S/C25H20FN3O5S/c1-4-10-34-24(33)22-14(3)28-25(35-22)29-19(16-6-5-9-27-12-16)18(21(31)23(29)32)20(30)15-8-7-13(2)17(26)11-15/h4-9,11-12,19,30H,1,10H2,2-3H3/b20-18+. The number of aryl methyl sites for hydroxylation is 2. The van der Waals surface area contributed by atoms with Gasteiger partial charge in [0.15, 0.2) is 5.13 Å². The summed E-state index contributed by atoms with van der Waals surface area (Å²) in [5.41, 5.74) is 0.898. The number of hydrogen-bond acceptors (Lipinski definition) is 8. The Kier molecular flexibility index (Phi) is 6.57. The summed E-state index contributed by atoms with van der Waals surface area (Å²) in [6.45, 7) is 6.64. The van der Waals surface area contributed by atoms with Crippen molar-refractivity contribution in [1.29, 1.82) is 0 Å². The van der Waals surface area contributed by atoms with Gasteiger partial charge in [0.1, 0.15) is 23.1 Å². The van der Waals surface area contributed by atoms with Gasteiger partial charge in [-0.05, 0) is 37.1 Å². The molecule has 2 aromatic heterocycles. The van der Waals surface area contributed by atoms with Crippen LogP contribution in [0, 0.1) is 19.7 Å². The third-order valence-corrected chi connectivity index (χ3v) is 6.54. The van der Waals surface area contributed by atoms with Gasteiger partial charge < -0.3 is 9.84 Å². The Bertz CT molecular complexity index is 1380. The average Bonchev–Trinajstić information content (AvgIpc) is 3.36. The van der Waals surface area contributed by atoms with Crippen molar-refractivity contribution in [2.75, 3.05) is 11.5 Å². The second-order valence-corrected chi connectivity index (χ2v) is 8.70. The largest absolute Gasteiger partial charge is 0.507 e. The maximum atomic E-state index is 14.2. The number of benzene rings is 1. The molecule has 1 aromatic carbocycles. The molecule has 1 aliphatic heterocycles. The number of amides is 1. The van der Waals surface area contributed by atoms with E-state index < -0.39 is 35.3 Å². The molecule has 3 heterocycles. The highest BCUT2D eigenvalue weighted by Gasteiger charge is 2.48. The first-order valence-electron chi connectivity index (χ1n) is 10.5. The quantitative estimate of drug-likeness (QED) is 0.180. The minimum absolute atomic E-state index is 0.00118. The Hall–Kier alpha value is -4.18. The maximum absolute atomic E-state index is 14.2. The number of rotatable bonds is 6. The van der Waals surface area contributed by atoms with Crippen molar-refractivity contribution in [2.24, 2.45) is 0 Å². The zero-order valence-corrected chi connectivity index (χ0v) is 19.6. The first-order valence-corrected chi connectivity index (χ1v) is 11.3. The van der Waals surface area contributed by atoms with Crippen molar-refractivity contribution in [3.8, 4) is 0 Å². The molecule has 1 unspecified atom stereocenters. The number of anilines is 1. The smallest absolute Gasteiger partial charge is 0.350 e. The van der Waals surface area contributed by atoms with Crippen LogP contribution in [0.5, 0.6) is 0 Å². The number of thiazole rings is 1. The highest BCUT2D eigenvalue weighted by atomic mass is 32.1. The molecule has 1 amide bonds. The van der Waals surface area contributed by atoms with Gasteiger partial charge in [-0.2, -0.15) is 0 Å². The molecular weight excluding hydrogens is 473 g/mol.